The minimum absolute atomic E-state index is 0.00696. The van der Waals surface area contributed by atoms with Crippen molar-refractivity contribution in [2.24, 2.45) is 7.05 Å². The Morgan fingerprint density at radius 3 is 2.84 bits per heavy atom. The van der Waals surface area contributed by atoms with Crippen LogP contribution in [-0.2, 0) is 11.8 Å². The number of carbonyl (C=O) groups is 1. The highest BCUT2D eigenvalue weighted by Gasteiger charge is 2.35. The van der Waals surface area contributed by atoms with Gasteiger partial charge in [-0.2, -0.15) is 0 Å². The zero-order valence-electron chi connectivity index (χ0n) is 25.8. The second-order valence-corrected chi connectivity index (χ2v) is 11.7. The fourth-order valence-electron chi connectivity index (χ4n) is 5.79. The van der Waals surface area contributed by atoms with Gasteiger partial charge >= 0.3 is 0 Å². The molecule has 0 saturated carbocycles. The van der Waals surface area contributed by atoms with Crippen LogP contribution in [0.25, 0.3) is 22.1 Å². The molecule has 0 spiro atoms. The van der Waals surface area contributed by atoms with E-state index in [9.17, 15) is 4.79 Å². The minimum atomic E-state index is -0.0779. The van der Waals surface area contributed by atoms with Crippen molar-refractivity contribution in [3.05, 3.63) is 72.8 Å². The number of anilines is 3. The quantitative estimate of drug-likeness (QED) is 0.270. The number of amides is 1. The van der Waals surface area contributed by atoms with Crippen molar-refractivity contribution < 1.29 is 14.3 Å². The van der Waals surface area contributed by atoms with Crippen LogP contribution in [-0.4, -0.2) is 93.1 Å². The third-order valence-corrected chi connectivity index (χ3v) is 8.15. The molecule has 0 unspecified atom stereocenters. The van der Waals surface area contributed by atoms with Crippen molar-refractivity contribution in [3.8, 4) is 17.2 Å². The maximum absolute atomic E-state index is 13.0. The molecule has 5 heterocycles. The maximum Gasteiger partial charge on any atom is 0.246 e. The molecule has 12 nitrogen and oxygen atoms in total. The highest BCUT2D eigenvalue weighted by molar-refractivity contribution is 5.91. The molecule has 0 radical (unpaired) electrons. The monoisotopic (exact) mass is 605 g/mol. The third-order valence-electron chi connectivity index (χ3n) is 8.15. The molecule has 2 aliphatic heterocycles. The van der Waals surface area contributed by atoms with E-state index in [0.717, 1.165) is 39.6 Å². The Labute approximate surface area is 260 Å². The van der Waals surface area contributed by atoms with Gasteiger partial charge in [0, 0.05) is 57.1 Å². The number of hydrogen-bond acceptors (Lipinski definition) is 10. The lowest BCUT2D eigenvalue weighted by Crippen LogP contribution is -2.56. The van der Waals surface area contributed by atoms with Crippen LogP contribution in [0.1, 0.15) is 5.56 Å². The molecule has 7 rings (SSSR count). The number of benzene rings is 2. The molecule has 2 bridgehead atoms. The summed E-state index contributed by atoms with van der Waals surface area (Å²) in [6.07, 6.45) is 6.87. The summed E-state index contributed by atoms with van der Waals surface area (Å²) in [5.41, 5.74) is 5.06. The first-order valence-corrected chi connectivity index (χ1v) is 14.9. The molecule has 1 amide bonds. The molecule has 2 aromatic carbocycles. The van der Waals surface area contributed by atoms with Crippen molar-refractivity contribution in [3.63, 3.8) is 0 Å². The molecule has 230 valence electrons. The van der Waals surface area contributed by atoms with Crippen LogP contribution in [0.4, 0.5) is 17.3 Å². The summed E-state index contributed by atoms with van der Waals surface area (Å²) in [5.74, 6) is 3.48. The summed E-state index contributed by atoms with van der Waals surface area (Å²) in [6, 6.07) is 13.6. The Hall–Kier alpha value is -5.23. The zero-order valence-corrected chi connectivity index (χ0v) is 25.8. The van der Waals surface area contributed by atoms with Crippen molar-refractivity contribution in [1.82, 2.24) is 34.3 Å². The number of rotatable bonds is 7. The summed E-state index contributed by atoms with van der Waals surface area (Å²) in [7, 11) is 5.92. The van der Waals surface area contributed by atoms with E-state index in [1.54, 1.807) is 12.4 Å². The first-order chi connectivity index (χ1) is 21.8. The number of fused-ring (bicyclic) bond motifs is 6. The first-order valence-electron chi connectivity index (χ1n) is 14.9. The van der Waals surface area contributed by atoms with Crippen LogP contribution >= 0.6 is 0 Å². The fourth-order valence-corrected chi connectivity index (χ4v) is 5.79. The summed E-state index contributed by atoms with van der Waals surface area (Å²) in [5, 5.41) is 3.43. The zero-order chi connectivity index (χ0) is 31.1. The number of imidazole rings is 1. The van der Waals surface area contributed by atoms with Gasteiger partial charge in [-0.05, 0) is 56.9 Å². The van der Waals surface area contributed by atoms with Gasteiger partial charge in [0.1, 0.15) is 29.9 Å². The van der Waals surface area contributed by atoms with Crippen LogP contribution < -0.4 is 19.7 Å². The number of piperazine rings is 1. The molecular formula is C33H35N9O3. The Kier molecular flexibility index (Phi) is 7.42. The average Bonchev–Trinajstić information content (AvgIpc) is 3.33. The van der Waals surface area contributed by atoms with Gasteiger partial charge in [0.15, 0.2) is 17.4 Å². The fraction of sp³-hybridized carbons (Fsp3) is 0.303. The van der Waals surface area contributed by atoms with Crippen molar-refractivity contribution >= 4 is 45.3 Å². The van der Waals surface area contributed by atoms with Gasteiger partial charge in [-0.3, -0.25) is 4.79 Å². The van der Waals surface area contributed by atoms with Crippen molar-refractivity contribution in [2.75, 3.05) is 57.1 Å². The van der Waals surface area contributed by atoms with Gasteiger partial charge in [-0.25, -0.2) is 19.9 Å². The molecule has 12 heteroatoms. The second kappa shape index (κ2) is 11.7. The number of likely N-dealkylation sites (N-methyl/N-ethyl adjacent to an activating group) is 1. The normalized spacial score (nSPS) is 16.2. The van der Waals surface area contributed by atoms with Gasteiger partial charge in [-0.15, -0.1) is 0 Å². The lowest BCUT2D eigenvalue weighted by Gasteiger charge is -2.39. The van der Waals surface area contributed by atoms with Crippen molar-refractivity contribution in [1.29, 1.82) is 0 Å². The van der Waals surface area contributed by atoms with E-state index >= 15 is 0 Å². The van der Waals surface area contributed by atoms with E-state index in [0.29, 0.717) is 55.4 Å². The molecule has 3 aromatic heterocycles. The van der Waals surface area contributed by atoms with Crippen LogP contribution in [0.5, 0.6) is 17.2 Å². The summed E-state index contributed by atoms with van der Waals surface area (Å²) < 4.78 is 14.4. The van der Waals surface area contributed by atoms with Crippen LogP contribution in [0.15, 0.2) is 67.3 Å². The van der Waals surface area contributed by atoms with E-state index in [1.807, 2.05) is 91.0 Å². The van der Waals surface area contributed by atoms with Gasteiger partial charge in [0.25, 0.3) is 0 Å². The summed E-state index contributed by atoms with van der Waals surface area (Å²) in [6.45, 7) is 5.01. The lowest BCUT2D eigenvalue weighted by molar-refractivity contribution is -0.129. The highest BCUT2D eigenvalue weighted by Crippen LogP contribution is 2.36. The molecule has 1 N–H and O–H groups in total. The number of ether oxygens (including phenoxy) is 2. The molecule has 1 atom stereocenters. The Bertz CT molecular complexity index is 1940. The molecule has 1 saturated heterocycles. The van der Waals surface area contributed by atoms with Crippen LogP contribution in [0.3, 0.4) is 0 Å². The van der Waals surface area contributed by atoms with E-state index in [4.69, 9.17) is 14.5 Å². The van der Waals surface area contributed by atoms with Gasteiger partial charge in [0.2, 0.25) is 5.91 Å². The van der Waals surface area contributed by atoms with Crippen molar-refractivity contribution in [2.45, 2.75) is 13.0 Å². The molecular weight excluding hydrogens is 570 g/mol. The third kappa shape index (κ3) is 5.72. The van der Waals surface area contributed by atoms with E-state index in [1.165, 1.54) is 6.33 Å². The number of hydrogen-bond donors (Lipinski definition) is 1. The van der Waals surface area contributed by atoms with Gasteiger partial charge < -0.3 is 34.1 Å². The number of pyridine rings is 1. The number of nitrogens with zero attached hydrogens (tertiary/aromatic N) is 8. The molecule has 1 fully saturated rings. The number of aromatic nitrogens is 5. The number of carbonyl (C=O) groups excluding carboxylic acids is 1. The summed E-state index contributed by atoms with van der Waals surface area (Å²) in [4.78, 5) is 37.5. The molecule has 0 aliphatic carbocycles. The number of aryl methyl sites for hydroxylation is 2. The van der Waals surface area contributed by atoms with E-state index in [2.05, 4.69) is 25.2 Å². The Morgan fingerprint density at radius 1 is 1.11 bits per heavy atom. The standard InChI is InChI=1S/C33H35N9O3/c1-21-14-22(7-10-28(21)45-24-8-9-27-25(15-24)36-20-40(27)4)37-32-31-26(34-19-35-32)16-29-33(38-31)41-12-13-42(23(17-41)18-44-29)30(43)6-5-11-39(2)3/h5-10,14-16,19-20,23H,11-13,17-18H2,1-4H3,(H,34,35,37)/b6-5+/t23-/m1/s1. The minimum Gasteiger partial charge on any atom is -0.487 e. The maximum atomic E-state index is 13.0. The molecule has 45 heavy (non-hydrogen) atoms. The van der Waals surface area contributed by atoms with E-state index < -0.39 is 0 Å². The number of nitrogens with one attached hydrogen (secondary N) is 1. The van der Waals surface area contributed by atoms with Crippen LogP contribution in [0.2, 0.25) is 0 Å². The topological polar surface area (TPSA) is 114 Å². The Balaban J connectivity index is 1.10. The predicted octanol–water partition coefficient (Wildman–Crippen LogP) is 4.28. The van der Waals surface area contributed by atoms with Crippen LogP contribution in [0, 0.1) is 6.92 Å². The predicted molar refractivity (Wildman–Crippen MR) is 173 cm³/mol. The molecule has 5 aromatic rings. The van der Waals surface area contributed by atoms with Gasteiger partial charge in [0.05, 0.1) is 28.9 Å². The Morgan fingerprint density at radius 2 is 2.00 bits per heavy atom. The second-order valence-electron chi connectivity index (χ2n) is 11.7. The highest BCUT2D eigenvalue weighted by atomic mass is 16.5. The van der Waals surface area contributed by atoms with E-state index in [-0.39, 0.29) is 11.9 Å². The smallest absolute Gasteiger partial charge is 0.246 e. The molecule has 2 aliphatic rings. The largest absolute Gasteiger partial charge is 0.487 e. The summed E-state index contributed by atoms with van der Waals surface area (Å²) >= 11 is 0. The van der Waals surface area contributed by atoms with Gasteiger partial charge in [-0.1, -0.05) is 6.08 Å². The first kappa shape index (κ1) is 28.5. The average molecular weight is 606 g/mol. The lowest BCUT2D eigenvalue weighted by atomic mass is 10.1. The SMILES string of the molecule is Cc1cc(Nc2ncnc3cc4c(nc23)N2CCN(C(=O)/C=C/CN(C)C)[C@@H](CO4)C2)ccc1Oc1ccc2c(c1)ncn2C.